The third-order valence-electron chi connectivity index (χ3n) is 4.40. The fraction of sp³-hybridized carbons (Fsp3) is 0.294. The minimum absolute atomic E-state index is 0.0901. The standard InChI is InChI=1S/C17H17F3N4O3S/c18-17(19,20)12-2-1-3-14(10-12)28(26,27)24-8-6-23(7-9-24)13-4-5-22-15(11-13)16(21)25/h1-5,10-11H,6-9H2,(H2,21,25). The monoisotopic (exact) mass is 414 g/mol. The average molecular weight is 414 g/mol. The fourth-order valence-electron chi connectivity index (χ4n) is 2.92. The van der Waals surface area contributed by atoms with E-state index in [4.69, 9.17) is 5.73 Å². The molecule has 1 aromatic heterocycles. The van der Waals surface area contributed by atoms with Crippen LogP contribution in [0, 0.1) is 0 Å². The molecule has 1 fully saturated rings. The van der Waals surface area contributed by atoms with Gasteiger partial charge in [0.05, 0.1) is 10.5 Å². The van der Waals surface area contributed by atoms with Gasteiger partial charge in [0, 0.05) is 38.1 Å². The van der Waals surface area contributed by atoms with Gasteiger partial charge in [-0.05, 0) is 30.3 Å². The molecule has 0 unspecified atom stereocenters. The number of aromatic nitrogens is 1. The van der Waals surface area contributed by atoms with Gasteiger partial charge < -0.3 is 10.6 Å². The Morgan fingerprint density at radius 1 is 1.07 bits per heavy atom. The highest BCUT2D eigenvalue weighted by atomic mass is 32.2. The zero-order valence-corrected chi connectivity index (χ0v) is 15.4. The molecule has 1 aliphatic heterocycles. The van der Waals surface area contributed by atoms with Crippen LogP contribution in [0.4, 0.5) is 18.9 Å². The highest BCUT2D eigenvalue weighted by Gasteiger charge is 2.34. The molecular formula is C17H17F3N4O3S. The lowest BCUT2D eigenvalue weighted by molar-refractivity contribution is -0.137. The van der Waals surface area contributed by atoms with Crippen LogP contribution >= 0.6 is 0 Å². The maximum Gasteiger partial charge on any atom is 0.416 e. The zero-order valence-electron chi connectivity index (χ0n) is 14.6. The molecule has 11 heteroatoms. The third kappa shape index (κ3) is 4.09. The number of hydrogen-bond acceptors (Lipinski definition) is 5. The zero-order chi connectivity index (χ0) is 20.5. The molecule has 7 nitrogen and oxygen atoms in total. The summed E-state index contributed by atoms with van der Waals surface area (Å²) in [5.74, 6) is -0.674. The van der Waals surface area contributed by atoms with Gasteiger partial charge in [0.2, 0.25) is 10.0 Å². The Morgan fingerprint density at radius 2 is 1.75 bits per heavy atom. The first kappa shape index (κ1) is 20.1. The van der Waals surface area contributed by atoms with Gasteiger partial charge in [0.15, 0.2) is 0 Å². The van der Waals surface area contributed by atoms with Gasteiger partial charge in [-0.25, -0.2) is 8.42 Å². The van der Waals surface area contributed by atoms with Crippen molar-refractivity contribution in [3.05, 3.63) is 53.9 Å². The Bertz CT molecular complexity index is 987. The molecule has 1 saturated heterocycles. The number of sulfonamides is 1. The first-order valence-corrected chi connectivity index (χ1v) is 9.71. The number of pyridine rings is 1. The number of halogens is 3. The summed E-state index contributed by atoms with van der Waals surface area (Å²) in [6, 6.07) is 6.89. The van der Waals surface area contributed by atoms with Crippen molar-refractivity contribution in [3.8, 4) is 0 Å². The first-order valence-electron chi connectivity index (χ1n) is 8.27. The average Bonchev–Trinajstić information content (AvgIpc) is 2.67. The number of piperazine rings is 1. The summed E-state index contributed by atoms with van der Waals surface area (Å²) >= 11 is 0. The molecule has 0 atom stereocenters. The Labute approximate surface area is 159 Å². The Balaban J connectivity index is 1.76. The van der Waals surface area contributed by atoms with E-state index in [1.54, 1.807) is 6.07 Å². The second-order valence-corrected chi connectivity index (χ2v) is 8.12. The Morgan fingerprint density at radius 3 is 2.36 bits per heavy atom. The van der Waals surface area contributed by atoms with Crippen molar-refractivity contribution >= 4 is 21.6 Å². The summed E-state index contributed by atoms with van der Waals surface area (Å²) in [5, 5.41) is 0. The summed E-state index contributed by atoms with van der Waals surface area (Å²) in [6.45, 7) is 0.792. The second-order valence-electron chi connectivity index (χ2n) is 6.18. The molecule has 28 heavy (non-hydrogen) atoms. The topological polar surface area (TPSA) is 96.6 Å². The van der Waals surface area contributed by atoms with E-state index in [0.29, 0.717) is 24.8 Å². The third-order valence-corrected chi connectivity index (χ3v) is 6.29. The molecule has 0 radical (unpaired) electrons. The van der Waals surface area contributed by atoms with Crippen LogP contribution in [0.3, 0.4) is 0 Å². The van der Waals surface area contributed by atoms with Crippen molar-refractivity contribution in [2.45, 2.75) is 11.1 Å². The number of amides is 1. The maximum absolute atomic E-state index is 12.9. The lowest BCUT2D eigenvalue weighted by atomic mass is 10.2. The summed E-state index contributed by atoms with van der Waals surface area (Å²) in [7, 11) is -4.05. The van der Waals surface area contributed by atoms with E-state index in [0.717, 1.165) is 22.5 Å². The van der Waals surface area contributed by atoms with Crippen molar-refractivity contribution in [2.24, 2.45) is 5.73 Å². The summed E-state index contributed by atoms with van der Waals surface area (Å²) in [4.78, 5) is 16.6. The van der Waals surface area contributed by atoms with Crippen LogP contribution in [-0.4, -0.2) is 49.8 Å². The minimum Gasteiger partial charge on any atom is -0.369 e. The lowest BCUT2D eigenvalue weighted by Crippen LogP contribution is -2.48. The molecule has 2 heterocycles. The lowest BCUT2D eigenvalue weighted by Gasteiger charge is -2.35. The summed E-state index contributed by atoms with van der Waals surface area (Å²) < 4.78 is 65.2. The number of primary amides is 1. The number of carbonyl (C=O) groups excluding carboxylic acids is 1. The van der Waals surface area contributed by atoms with E-state index in [9.17, 15) is 26.4 Å². The Kier molecular flexibility index (Phi) is 5.31. The fourth-order valence-corrected chi connectivity index (χ4v) is 4.39. The Hall–Kier alpha value is -2.66. The number of benzene rings is 1. The van der Waals surface area contributed by atoms with Crippen molar-refractivity contribution in [3.63, 3.8) is 0 Å². The van der Waals surface area contributed by atoms with Crippen molar-refractivity contribution < 1.29 is 26.4 Å². The number of nitrogens with two attached hydrogens (primary N) is 1. The number of carbonyl (C=O) groups is 1. The molecule has 0 saturated carbocycles. The van der Waals surface area contributed by atoms with Crippen LogP contribution in [0.2, 0.25) is 0 Å². The highest BCUT2D eigenvalue weighted by Crippen LogP contribution is 2.31. The summed E-state index contributed by atoms with van der Waals surface area (Å²) in [5.41, 5.74) is 4.96. The number of hydrogen-bond donors (Lipinski definition) is 1. The van der Waals surface area contributed by atoms with Crippen molar-refractivity contribution in [1.29, 1.82) is 0 Å². The molecule has 1 aliphatic rings. The second kappa shape index (κ2) is 7.40. The van der Waals surface area contributed by atoms with Crippen LogP contribution in [0.1, 0.15) is 16.1 Å². The number of nitrogens with zero attached hydrogens (tertiary/aromatic N) is 3. The molecule has 0 spiro atoms. The molecule has 3 rings (SSSR count). The molecule has 1 amide bonds. The van der Waals surface area contributed by atoms with Crippen LogP contribution in [0.15, 0.2) is 47.5 Å². The van der Waals surface area contributed by atoms with Crippen LogP contribution in [0.25, 0.3) is 0 Å². The van der Waals surface area contributed by atoms with Gasteiger partial charge in [-0.15, -0.1) is 0 Å². The van der Waals surface area contributed by atoms with E-state index < -0.39 is 32.6 Å². The number of alkyl halides is 3. The van der Waals surface area contributed by atoms with Gasteiger partial charge in [-0.3, -0.25) is 9.78 Å². The number of rotatable bonds is 4. The molecule has 2 N–H and O–H groups in total. The van der Waals surface area contributed by atoms with E-state index in [-0.39, 0.29) is 18.8 Å². The van der Waals surface area contributed by atoms with E-state index in [1.807, 2.05) is 4.90 Å². The molecule has 0 bridgehead atoms. The van der Waals surface area contributed by atoms with Gasteiger partial charge in [0.1, 0.15) is 5.69 Å². The summed E-state index contributed by atoms with van der Waals surface area (Å²) in [6.07, 6.45) is -3.19. The van der Waals surface area contributed by atoms with Crippen molar-refractivity contribution in [2.75, 3.05) is 31.1 Å². The highest BCUT2D eigenvalue weighted by molar-refractivity contribution is 7.89. The van der Waals surface area contributed by atoms with Crippen LogP contribution in [-0.2, 0) is 16.2 Å². The SMILES string of the molecule is NC(=O)c1cc(N2CCN(S(=O)(=O)c3cccc(C(F)(F)F)c3)CC2)ccn1. The van der Waals surface area contributed by atoms with Gasteiger partial charge in [-0.2, -0.15) is 17.5 Å². The largest absolute Gasteiger partial charge is 0.416 e. The molecule has 1 aromatic carbocycles. The van der Waals surface area contributed by atoms with Gasteiger partial charge >= 0.3 is 6.18 Å². The van der Waals surface area contributed by atoms with Crippen molar-refractivity contribution in [1.82, 2.24) is 9.29 Å². The van der Waals surface area contributed by atoms with E-state index in [1.165, 1.54) is 12.3 Å². The molecule has 0 aliphatic carbocycles. The predicted molar refractivity (Wildman–Crippen MR) is 95.2 cm³/mol. The van der Waals surface area contributed by atoms with Gasteiger partial charge in [-0.1, -0.05) is 6.07 Å². The maximum atomic E-state index is 12.9. The molecule has 150 valence electrons. The van der Waals surface area contributed by atoms with Gasteiger partial charge in [0.25, 0.3) is 5.91 Å². The predicted octanol–water partition coefficient (Wildman–Crippen LogP) is 1.71. The minimum atomic E-state index is -4.62. The molecule has 2 aromatic rings. The first-order chi connectivity index (χ1) is 13.1. The smallest absolute Gasteiger partial charge is 0.369 e. The van der Waals surface area contributed by atoms with E-state index in [2.05, 4.69) is 4.98 Å². The quantitative estimate of drug-likeness (QED) is 0.822. The van der Waals surface area contributed by atoms with Crippen LogP contribution < -0.4 is 10.6 Å². The van der Waals surface area contributed by atoms with E-state index >= 15 is 0 Å². The number of anilines is 1. The molecular weight excluding hydrogens is 397 g/mol. The van der Waals surface area contributed by atoms with Crippen LogP contribution in [0.5, 0.6) is 0 Å². The normalized spacial score (nSPS) is 16.2.